The summed E-state index contributed by atoms with van der Waals surface area (Å²) in [4.78, 5) is -0.643. The molecule has 0 aliphatic heterocycles. The highest BCUT2D eigenvalue weighted by Gasteiger charge is 2.24. The molecule has 0 atom stereocenters. The maximum Gasteiger partial charge on any atom is 0.266 e. The van der Waals surface area contributed by atoms with E-state index in [2.05, 4.69) is 4.72 Å². The lowest BCUT2D eigenvalue weighted by Gasteiger charge is -2.13. The summed E-state index contributed by atoms with van der Waals surface area (Å²) in [5.74, 6) is -0.958. The lowest BCUT2D eigenvalue weighted by molar-refractivity contribution is 0.572. The number of para-hydroxylation sites is 1. The Morgan fingerprint density at radius 3 is 2.15 bits per heavy atom. The molecule has 3 N–H and O–H groups in total. The average molecular weight is 335 g/mol. The zero-order chi connectivity index (χ0) is 14.9. The molecule has 8 heteroatoms. The molecule has 0 spiro atoms. The second-order valence-electron chi connectivity index (χ2n) is 3.86. The van der Waals surface area contributed by atoms with Gasteiger partial charge >= 0.3 is 0 Å². The largest absolute Gasteiger partial charge is 0.398 e. The Labute approximate surface area is 125 Å². The SMILES string of the molecule is Nc1cccc(F)c1S(=O)(=O)Nc1c(Cl)cccc1Cl. The second-order valence-corrected chi connectivity index (χ2v) is 6.29. The van der Waals surface area contributed by atoms with Crippen molar-refractivity contribution in [1.82, 2.24) is 0 Å². The highest BCUT2D eigenvalue weighted by Crippen LogP contribution is 2.33. The fraction of sp³-hybridized carbons (Fsp3) is 0. The van der Waals surface area contributed by atoms with Gasteiger partial charge in [0.25, 0.3) is 10.0 Å². The number of anilines is 2. The van der Waals surface area contributed by atoms with Gasteiger partial charge in [0.1, 0.15) is 10.7 Å². The summed E-state index contributed by atoms with van der Waals surface area (Å²) >= 11 is 11.7. The minimum absolute atomic E-state index is 0.0292. The Bertz CT molecular complexity index is 726. The van der Waals surface area contributed by atoms with Gasteiger partial charge in [0.15, 0.2) is 0 Å². The van der Waals surface area contributed by atoms with E-state index >= 15 is 0 Å². The van der Waals surface area contributed by atoms with Crippen molar-refractivity contribution in [2.45, 2.75) is 4.90 Å². The number of benzene rings is 2. The summed E-state index contributed by atoms with van der Waals surface area (Å²) in [7, 11) is -4.24. The molecule has 0 amide bonds. The third kappa shape index (κ3) is 2.82. The van der Waals surface area contributed by atoms with Crippen LogP contribution in [0.5, 0.6) is 0 Å². The van der Waals surface area contributed by atoms with Crippen molar-refractivity contribution in [3.05, 3.63) is 52.3 Å². The van der Waals surface area contributed by atoms with E-state index in [1.807, 2.05) is 0 Å². The monoisotopic (exact) mass is 334 g/mol. The number of halogens is 3. The van der Waals surface area contributed by atoms with E-state index in [4.69, 9.17) is 28.9 Å². The number of nitrogens with two attached hydrogens (primary N) is 1. The molecule has 0 fully saturated rings. The summed E-state index contributed by atoms with van der Waals surface area (Å²) in [5.41, 5.74) is 5.28. The molecular weight excluding hydrogens is 326 g/mol. The molecule has 20 heavy (non-hydrogen) atoms. The number of hydrogen-bond donors (Lipinski definition) is 2. The first-order valence-corrected chi connectivity index (χ1v) is 7.57. The Balaban J connectivity index is 2.53. The van der Waals surface area contributed by atoms with Crippen molar-refractivity contribution in [2.24, 2.45) is 0 Å². The Kier molecular flexibility index (Phi) is 4.08. The van der Waals surface area contributed by atoms with Gasteiger partial charge in [0, 0.05) is 0 Å². The van der Waals surface area contributed by atoms with E-state index in [1.165, 1.54) is 24.3 Å². The van der Waals surface area contributed by atoms with Gasteiger partial charge in [-0.05, 0) is 24.3 Å². The van der Waals surface area contributed by atoms with Crippen molar-refractivity contribution < 1.29 is 12.8 Å². The first-order valence-electron chi connectivity index (χ1n) is 5.34. The van der Waals surface area contributed by atoms with Gasteiger partial charge in [0.2, 0.25) is 0 Å². The number of sulfonamides is 1. The van der Waals surface area contributed by atoms with E-state index in [1.54, 1.807) is 6.07 Å². The predicted octanol–water partition coefficient (Wildman–Crippen LogP) is 3.52. The molecule has 106 valence electrons. The molecular formula is C12H9Cl2FN2O2S. The molecule has 0 aliphatic rings. The lowest BCUT2D eigenvalue weighted by atomic mass is 10.3. The normalized spacial score (nSPS) is 11.3. The zero-order valence-corrected chi connectivity index (χ0v) is 12.2. The highest BCUT2D eigenvalue weighted by atomic mass is 35.5. The number of hydrogen-bond acceptors (Lipinski definition) is 3. The van der Waals surface area contributed by atoms with Crippen LogP contribution in [0.4, 0.5) is 15.8 Å². The standard InChI is InChI=1S/C12H9Cl2FN2O2S/c13-7-3-1-4-8(14)11(7)17-20(18,19)12-9(15)5-2-6-10(12)16/h1-6,17H,16H2. The van der Waals surface area contributed by atoms with Gasteiger partial charge in [-0.2, -0.15) is 0 Å². The first-order chi connectivity index (χ1) is 9.33. The van der Waals surface area contributed by atoms with Crippen molar-refractivity contribution >= 4 is 44.6 Å². The lowest BCUT2D eigenvalue weighted by Crippen LogP contribution is -2.17. The maximum atomic E-state index is 13.7. The molecule has 0 unspecified atom stereocenters. The summed E-state index contributed by atoms with van der Waals surface area (Å²) in [6, 6.07) is 8.06. The predicted molar refractivity (Wildman–Crippen MR) is 78.1 cm³/mol. The van der Waals surface area contributed by atoms with Gasteiger partial charge in [-0.25, -0.2) is 12.8 Å². The van der Waals surface area contributed by atoms with Gasteiger partial charge in [-0.3, -0.25) is 4.72 Å². The van der Waals surface area contributed by atoms with Crippen LogP contribution in [0.2, 0.25) is 10.0 Å². The molecule has 0 heterocycles. The maximum absolute atomic E-state index is 13.7. The van der Waals surface area contributed by atoms with Crippen molar-refractivity contribution in [2.75, 3.05) is 10.5 Å². The number of nitrogens with one attached hydrogen (secondary N) is 1. The van der Waals surface area contributed by atoms with E-state index in [9.17, 15) is 12.8 Å². The van der Waals surface area contributed by atoms with Crippen molar-refractivity contribution in [3.63, 3.8) is 0 Å². The van der Waals surface area contributed by atoms with Gasteiger partial charge in [-0.15, -0.1) is 0 Å². The van der Waals surface area contributed by atoms with Gasteiger partial charge in [0.05, 0.1) is 21.4 Å². The smallest absolute Gasteiger partial charge is 0.266 e. The third-order valence-corrected chi connectivity index (χ3v) is 4.54. The quantitative estimate of drug-likeness (QED) is 0.843. The van der Waals surface area contributed by atoms with Crippen LogP contribution in [0.25, 0.3) is 0 Å². The van der Waals surface area contributed by atoms with Crippen molar-refractivity contribution in [1.29, 1.82) is 0 Å². The molecule has 2 aromatic carbocycles. The number of rotatable bonds is 3. The average Bonchev–Trinajstić information content (AvgIpc) is 2.33. The molecule has 0 aliphatic carbocycles. The van der Waals surface area contributed by atoms with E-state index in [0.29, 0.717) is 0 Å². The minimum atomic E-state index is -4.24. The van der Waals surface area contributed by atoms with Crippen LogP contribution in [-0.2, 0) is 10.0 Å². The van der Waals surface area contributed by atoms with E-state index < -0.39 is 20.7 Å². The van der Waals surface area contributed by atoms with Crippen LogP contribution in [-0.4, -0.2) is 8.42 Å². The molecule has 4 nitrogen and oxygen atoms in total. The Hall–Kier alpha value is -1.50. The van der Waals surface area contributed by atoms with Crippen LogP contribution >= 0.6 is 23.2 Å². The van der Waals surface area contributed by atoms with Crippen LogP contribution in [0, 0.1) is 5.82 Å². The molecule has 2 aromatic rings. The fourth-order valence-electron chi connectivity index (χ4n) is 1.59. The van der Waals surface area contributed by atoms with Crippen LogP contribution in [0.15, 0.2) is 41.3 Å². The summed E-state index contributed by atoms with van der Waals surface area (Å²) < 4.78 is 40.2. The summed E-state index contributed by atoms with van der Waals surface area (Å²) in [6.07, 6.45) is 0. The molecule has 0 aromatic heterocycles. The van der Waals surface area contributed by atoms with E-state index in [-0.39, 0.29) is 21.4 Å². The molecule has 0 radical (unpaired) electrons. The molecule has 0 saturated heterocycles. The fourth-order valence-corrected chi connectivity index (χ4v) is 3.49. The summed E-state index contributed by atoms with van der Waals surface area (Å²) in [6.45, 7) is 0. The third-order valence-electron chi connectivity index (χ3n) is 2.47. The van der Waals surface area contributed by atoms with Crippen LogP contribution in [0.3, 0.4) is 0 Å². The molecule has 0 bridgehead atoms. The molecule has 2 rings (SSSR count). The second kappa shape index (κ2) is 5.47. The minimum Gasteiger partial charge on any atom is -0.398 e. The van der Waals surface area contributed by atoms with E-state index in [0.717, 1.165) is 6.07 Å². The van der Waals surface area contributed by atoms with Gasteiger partial charge in [-0.1, -0.05) is 35.3 Å². The first kappa shape index (κ1) is 14.9. The summed E-state index contributed by atoms with van der Waals surface area (Å²) in [5, 5.41) is 0.187. The number of nitrogen functional groups attached to an aromatic ring is 1. The molecule has 0 saturated carbocycles. The van der Waals surface area contributed by atoms with Gasteiger partial charge < -0.3 is 5.73 Å². The van der Waals surface area contributed by atoms with Crippen LogP contribution < -0.4 is 10.5 Å². The van der Waals surface area contributed by atoms with Crippen LogP contribution in [0.1, 0.15) is 0 Å². The topological polar surface area (TPSA) is 72.2 Å². The van der Waals surface area contributed by atoms with Crippen molar-refractivity contribution in [3.8, 4) is 0 Å². The Morgan fingerprint density at radius 1 is 1.05 bits per heavy atom. The highest BCUT2D eigenvalue weighted by molar-refractivity contribution is 7.93. The zero-order valence-electron chi connectivity index (χ0n) is 9.90. The Morgan fingerprint density at radius 2 is 1.60 bits per heavy atom.